The predicted molar refractivity (Wildman–Crippen MR) is 55.9 cm³/mol. The van der Waals surface area contributed by atoms with Crippen molar-refractivity contribution in [3.8, 4) is 0 Å². The van der Waals surface area contributed by atoms with E-state index in [0.29, 0.717) is 6.04 Å². The molecule has 2 heterocycles. The summed E-state index contributed by atoms with van der Waals surface area (Å²) in [5.74, 6) is 0. The molecule has 0 saturated carbocycles. The first kappa shape index (κ1) is 8.49. The van der Waals surface area contributed by atoms with Crippen LogP contribution in [0, 0.1) is 5.41 Å². The molecule has 0 amide bonds. The Labute approximate surface area is 79.8 Å². The van der Waals surface area contributed by atoms with Crippen LogP contribution in [0.5, 0.6) is 0 Å². The maximum Gasteiger partial charge on any atom is 0.196 e. The molecule has 0 aliphatic carbocycles. The van der Waals surface area contributed by atoms with Gasteiger partial charge in [0, 0.05) is 17.6 Å². The lowest BCUT2D eigenvalue weighted by molar-refractivity contribution is -0.498. The third-order valence-corrected chi connectivity index (χ3v) is 2.49. The van der Waals surface area contributed by atoms with Crippen LogP contribution < -0.4 is 0 Å². The smallest absolute Gasteiger partial charge is 0.192 e. The van der Waals surface area contributed by atoms with E-state index in [9.17, 15) is 0 Å². The first-order valence-electron chi connectivity index (χ1n) is 4.78. The Balaban J connectivity index is 2.40. The van der Waals surface area contributed by atoms with E-state index in [2.05, 4.69) is 61.9 Å². The minimum Gasteiger partial charge on any atom is -0.192 e. The average molecular weight is 174 g/mol. The second-order valence-corrected chi connectivity index (χ2v) is 4.62. The standard InChI is InChI=1S/C12H16N/c1-12(2,3)11-8-4-6-10-7-5-9-13(10)11/h4-10H,1-3H3/q+1. The Bertz CT molecular complexity index is 335. The van der Waals surface area contributed by atoms with Crippen LogP contribution in [0.2, 0.25) is 0 Å². The summed E-state index contributed by atoms with van der Waals surface area (Å²) >= 11 is 0. The van der Waals surface area contributed by atoms with E-state index < -0.39 is 0 Å². The summed E-state index contributed by atoms with van der Waals surface area (Å²) in [4.78, 5) is 0. The lowest BCUT2D eigenvalue weighted by Crippen LogP contribution is -2.29. The van der Waals surface area contributed by atoms with Crippen LogP contribution in [0.15, 0.2) is 36.1 Å². The fourth-order valence-electron chi connectivity index (χ4n) is 1.83. The van der Waals surface area contributed by atoms with Crippen molar-refractivity contribution in [3.63, 3.8) is 0 Å². The second-order valence-electron chi connectivity index (χ2n) is 4.62. The van der Waals surface area contributed by atoms with Gasteiger partial charge in [0.05, 0.1) is 0 Å². The van der Waals surface area contributed by atoms with Gasteiger partial charge in [-0.05, 0) is 12.2 Å². The summed E-state index contributed by atoms with van der Waals surface area (Å²) in [7, 11) is 0. The minimum atomic E-state index is 0.228. The fourth-order valence-corrected chi connectivity index (χ4v) is 1.83. The molecule has 0 N–H and O–H groups in total. The molecule has 0 spiro atoms. The number of rotatable bonds is 0. The van der Waals surface area contributed by atoms with Crippen LogP contribution >= 0.6 is 0 Å². The lowest BCUT2D eigenvalue weighted by Gasteiger charge is -2.22. The molecular formula is C12H16N+. The molecule has 0 aromatic heterocycles. The third kappa shape index (κ3) is 1.39. The lowest BCUT2D eigenvalue weighted by atomic mass is 9.89. The summed E-state index contributed by atoms with van der Waals surface area (Å²) in [6.45, 7) is 6.75. The van der Waals surface area contributed by atoms with Crippen molar-refractivity contribution >= 4 is 6.21 Å². The maximum atomic E-state index is 2.33. The topological polar surface area (TPSA) is 3.01 Å². The summed E-state index contributed by atoms with van der Waals surface area (Å²) in [6.07, 6.45) is 13.1. The number of hydrogen-bond acceptors (Lipinski definition) is 0. The van der Waals surface area contributed by atoms with Gasteiger partial charge in [-0.2, -0.15) is 4.58 Å². The van der Waals surface area contributed by atoms with E-state index in [1.54, 1.807) is 0 Å². The van der Waals surface area contributed by atoms with Gasteiger partial charge in [0.1, 0.15) is 0 Å². The highest BCUT2D eigenvalue weighted by molar-refractivity contribution is 5.69. The van der Waals surface area contributed by atoms with Crippen LogP contribution in [0.1, 0.15) is 20.8 Å². The van der Waals surface area contributed by atoms with Crippen molar-refractivity contribution < 1.29 is 4.58 Å². The van der Waals surface area contributed by atoms with Crippen molar-refractivity contribution in [3.05, 3.63) is 36.1 Å². The van der Waals surface area contributed by atoms with Crippen molar-refractivity contribution in [1.29, 1.82) is 0 Å². The fraction of sp³-hybridized carbons (Fsp3) is 0.417. The molecule has 68 valence electrons. The van der Waals surface area contributed by atoms with Gasteiger partial charge < -0.3 is 0 Å². The Hall–Kier alpha value is -1.11. The molecule has 0 bridgehead atoms. The van der Waals surface area contributed by atoms with Gasteiger partial charge in [0.2, 0.25) is 0 Å². The first-order valence-corrected chi connectivity index (χ1v) is 4.78. The highest BCUT2D eigenvalue weighted by Crippen LogP contribution is 2.30. The highest BCUT2D eigenvalue weighted by atomic mass is 15.1. The highest BCUT2D eigenvalue weighted by Gasteiger charge is 2.33. The summed E-state index contributed by atoms with van der Waals surface area (Å²) in [5.41, 5.74) is 1.62. The van der Waals surface area contributed by atoms with Gasteiger partial charge in [-0.1, -0.05) is 26.8 Å². The molecule has 0 aromatic rings. The predicted octanol–water partition coefficient (Wildman–Crippen LogP) is 2.51. The largest absolute Gasteiger partial charge is 0.196 e. The van der Waals surface area contributed by atoms with Gasteiger partial charge in [-0.3, -0.25) is 0 Å². The molecule has 13 heavy (non-hydrogen) atoms. The van der Waals surface area contributed by atoms with E-state index in [1.807, 2.05) is 0 Å². The molecule has 2 aliphatic rings. The zero-order valence-electron chi connectivity index (χ0n) is 8.49. The normalized spacial score (nSPS) is 25.6. The number of allylic oxidation sites excluding steroid dienone is 4. The van der Waals surface area contributed by atoms with Crippen molar-refractivity contribution in [2.24, 2.45) is 5.41 Å². The van der Waals surface area contributed by atoms with E-state index in [-0.39, 0.29) is 5.41 Å². The summed E-state index contributed by atoms with van der Waals surface area (Å²) < 4.78 is 2.33. The van der Waals surface area contributed by atoms with Crippen molar-refractivity contribution in [1.82, 2.24) is 0 Å². The van der Waals surface area contributed by atoms with Crippen LogP contribution in [0.3, 0.4) is 0 Å². The molecule has 2 rings (SSSR count). The van der Waals surface area contributed by atoms with Gasteiger partial charge in [0.25, 0.3) is 0 Å². The zero-order valence-corrected chi connectivity index (χ0v) is 8.49. The minimum absolute atomic E-state index is 0.228. The zero-order chi connectivity index (χ0) is 9.47. The Kier molecular flexibility index (Phi) is 1.76. The number of fused-ring (bicyclic) bond motifs is 1. The SMILES string of the molecule is CC(C)(C)C1=CC=CC2C=CC=[N+]12. The number of nitrogens with zero attached hydrogens (tertiary/aromatic N) is 1. The van der Waals surface area contributed by atoms with Crippen molar-refractivity contribution in [2.75, 3.05) is 0 Å². The molecule has 0 saturated heterocycles. The summed E-state index contributed by atoms with van der Waals surface area (Å²) in [6, 6.07) is 0.458. The van der Waals surface area contributed by atoms with Gasteiger partial charge in [-0.25, -0.2) is 0 Å². The first-order chi connectivity index (χ1) is 6.09. The molecule has 0 aromatic carbocycles. The molecular weight excluding hydrogens is 158 g/mol. The van der Waals surface area contributed by atoms with E-state index in [0.717, 1.165) is 0 Å². The quantitative estimate of drug-likeness (QED) is 0.496. The van der Waals surface area contributed by atoms with E-state index in [4.69, 9.17) is 0 Å². The molecule has 0 radical (unpaired) electrons. The molecule has 1 heteroatoms. The van der Waals surface area contributed by atoms with Crippen molar-refractivity contribution in [2.45, 2.75) is 26.8 Å². The maximum absolute atomic E-state index is 2.33. The molecule has 0 fully saturated rings. The monoisotopic (exact) mass is 174 g/mol. The number of hydrogen-bond donors (Lipinski definition) is 0. The van der Waals surface area contributed by atoms with Crippen LogP contribution in [0.25, 0.3) is 0 Å². The van der Waals surface area contributed by atoms with E-state index >= 15 is 0 Å². The molecule has 1 unspecified atom stereocenters. The average Bonchev–Trinajstić information content (AvgIpc) is 2.48. The molecule has 2 aliphatic heterocycles. The van der Waals surface area contributed by atoms with Gasteiger partial charge in [-0.15, -0.1) is 0 Å². The second kappa shape index (κ2) is 2.69. The molecule has 1 nitrogen and oxygen atoms in total. The van der Waals surface area contributed by atoms with Crippen LogP contribution in [0.4, 0.5) is 0 Å². The summed E-state index contributed by atoms with van der Waals surface area (Å²) in [5, 5.41) is 0. The van der Waals surface area contributed by atoms with Crippen LogP contribution in [-0.2, 0) is 0 Å². The Morgan fingerprint density at radius 2 is 1.85 bits per heavy atom. The van der Waals surface area contributed by atoms with E-state index in [1.165, 1.54) is 5.70 Å². The van der Waals surface area contributed by atoms with Gasteiger partial charge in [0.15, 0.2) is 18.0 Å². The third-order valence-electron chi connectivity index (χ3n) is 2.49. The Morgan fingerprint density at radius 1 is 1.15 bits per heavy atom. The van der Waals surface area contributed by atoms with Gasteiger partial charge >= 0.3 is 0 Å². The molecule has 1 atom stereocenters. The Morgan fingerprint density at radius 3 is 2.54 bits per heavy atom. The van der Waals surface area contributed by atoms with Crippen LogP contribution in [-0.4, -0.2) is 16.8 Å².